The third-order valence-corrected chi connectivity index (χ3v) is 4.51. The number of amides is 3. The van der Waals surface area contributed by atoms with Crippen molar-refractivity contribution >= 4 is 23.7 Å². The number of hydrogen-bond acceptors (Lipinski definition) is 4. The van der Waals surface area contributed by atoms with Gasteiger partial charge in [-0.2, -0.15) is 0 Å². The zero-order valence-corrected chi connectivity index (χ0v) is 13.1. The molecule has 1 aromatic rings. The van der Waals surface area contributed by atoms with Crippen molar-refractivity contribution in [2.24, 2.45) is 0 Å². The Morgan fingerprint density at radius 2 is 1.75 bits per heavy atom. The summed E-state index contributed by atoms with van der Waals surface area (Å²) in [5.41, 5.74) is 0.777. The molecule has 1 fully saturated rings. The third-order valence-electron chi connectivity index (χ3n) is 4.51. The fourth-order valence-corrected chi connectivity index (χ4v) is 3.30. The number of carboxylic acids is 1. The Hall–Kier alpha value is -2.70. The molecule has 0 spiro atoms. The standard InChI is InChI=1S/C17H18N2O5/c20-14(18-9-3-7-13(18)17(23)24)8-4-10-19-15(21)11-5-1-2-6-12(11)16(19)22/h1-2,5-6,13H,3-4,7-10H2,(H,23,24). The fourth-order valence-electron chi connectivity index (χ4n) is 3.30. The van der Waals surface area contributed by atoms with E-state index in [0.29, 0.717) is 36.9 Å². The molecule has 2 heterocycles. The summed E-state index contributed by atoms with van der Waals surface area (Å²) in [6.07, 6.45) is 1.60. The van der Waals surface area contributed by atoms with Gasteiger partial charge in [-0.1, -0.05) is 12.1 Å². The number of fused-ring (bicyclic) bond motifs is 1. The summed E-state index contributed by atoms with van der Waals surface area (Å²) in [5, 5.41) is 9.11. The summed E-state index contributed by atoms with van der Waals surface area (Å²) in [6, 6.07) is 5.88. The topological polar surface area (TPSA) is 95.0 Å². The Bertz CT molecular complexity index is 680. The smallest absolute Gasteiger partial charge is 0.326 e. The van der Waals surface area contributed by atoms with E-state index in [1.165, 1.54) is 4.90 Å². The highest BCUT2D eigenvalue weighted by molar-refractivity contribution is 6.21. The lowest BCUT2D eigenvalue weighted by atomic mass is 10.1. The van der Waals surface area contributed by atoms with Crippen LogP contribution in [0.1, 0.15) is 46.4 Å². The number of carbonyl (C=O) groups is 4. The van der Waals surface area contributed by atoms with Crippen LogP contribution in [-0.4, -0.2) is 57.7 Å². The van der Waals surface area contributed by atoms with E-state index in [9.17, 15) is 19.2 Å². The predicted octanol–water partition coefficient (Wildman–Crippen LogP) is 1.14. The van der Waals surface area contributed by atoms with Crippen LogP contribution >= 0.6 is 0 Å². The molecule has 2 aliphatic rings. The first-order valence-electron chi connectivity index (χ1n) is 7.98. The number of nitrogens with zero attached hydrogens (tertiary/aromatic N) is 2. The molecule has 0 aromatic heterocycles. The molecule has 126 valence electrons. The van der Waals surface area contributed by atoms with Crippen LogP contribution in [0.25, 0.3) is 0 Å². The van der Waals surface area contributed by atoms with Gasteiger partial charge in [0.05, 0.1) is 11.1 Å². The van der Waals surface area contributed by atoms with Crippen molar-refractivity contribution in [1.29, 1.82) is 0 Å². The third kappa shape index (κ3) is 2.77. The fraction of sp³-hybridized carbons (Fsp3) is 0.412. The number of carboxylic acid groups (broad SMARTS) is 1. The Morgan fingerprint density at radius 1 is 1.12 bits per heavy atom. The van der Waals surface area contributed by atoms with Gasteiger partial charge >= 0.3 is 5.97 Å². The molecule has 7 heteroatoms. The minimum Gasteiger partial charge on any atom is -0.480 e. The second-order valence-corrected chi connectivity index (χ2v) is 5.99. The zero-order valence-electron chi connectivity index (χ0n) is 13.1. The number of imide groups is 1. The second kappa shape index (κ2) is 6.43. The first kappa shape index (κ1) is 16.2. The molecule has 0 bridgehead atoms. The van der Waals surface area contributed by atoms with Gasteiger partial charge in [-0.25, -0.2) is 4.79 Å². The maximum atomic E-state index is 12.2. The molecule has 1 unspecified atom stereocenters. The molecule has 0 saturated carbocycles. The highest BCUT2D eigenvalue weighted by atomic mass is 16.4. The molecule has 3 amide bonds. The molecule has 0 aliphatic carbocycles. The molecule has 1 N–H and O–H groups in total. The summed E-state index contributed by atoms with van der Waals surface area (Å²) in [6.45, 7) is 0.604. The van der Waals surface area contributed by atoms with E-state index in [1.54, 1.807) is 24.3 Å². The Labute approximate surface area is 138 Å². The minimum absolute atomic E-state index is 0.122. The average Bonchev–Trinajstić information content (AvgIpc) is 3.15. The highest BCUT2D eigenvalue weighted by Crippen LogP contribution is 2.23. The van der Waals surface area contributed by atoms with Gasteiger partial charge in [0.15, 0.2) is 0 Å². The quantitative estimate of drug-likeness (QED) is 0.817. The average molecular weight is 330 g/mol. The zero-order chi connectivity index (χ0) is 17.3. The molecular weight excluding hydrogens is 312 g/mol. The van der Waals surface area contributed by atoms with Crippen LogP contribution in [0.15, 0.2) is 24.3 Å². The van der Waals surface area contributed by atoms with Crippen molar-refractivity contribution in [3.63, 3.8) is 0 Å². The molecule has 1 aromatic carbocycles. The number of hydrogen-bond donors (Lipinski definition) is 1. The molecule has 2 aliphatic heterocycles. The first-order valence-corrected chi connectivity index (χ1v) is 7.98. The monoisotopic (exact) mass is 330 g/mol. The summed E-state index contributed by atoms with van der Waals surface area (Å²) >= 11 is 0. The molecule has 0 radical (unpaired) electrons. The van der Waals surface area contributed by atoms with Crippen molar-refractivity contribution in [2.45, 2.75) is 31.7 Å². The van der Waals surface area contributed by atoms with Crippen LogP contribution in [0, 0.1) is 0 Å². The number of aliphatic carboxylic acids is 1. The lowest BCUT2D eigenvalue weighted by Gasteiger charge is -2.22. The maximum Gasteiger partial charge on any atom is 0.326 e. The van der Waals surface area contributed by atoms with Gasteiger partial charge in [0.1, 0.15) is 6.04 Å². The lowest BCUT2D eigenvalue weighted by molar-refractivity contribution is -0.148. The number of benzene rings is 1. The number of likely N-dealkylation sites (tertiary alicyclic amines) is 1. The van der Waals surface area contributed by atoms with Crippen LogP contribution in [-0.2, 0) is 9.59 Å². The van der Waals surface area contributed by atoms with Gasteiger partial charge in [-0.15, -0.1) is 0 Å². The van der Waals surface area contributed by atoms with Crippen LogP contribution in [0.2, 0.25) is 0 Å². The van der Waals surface area contributed by atoms with Crippen molar-refractivity contribution in [2.75, 3.05) is 13.1 Å². The van der Waals surface area contributed by atoms with Crippen LogP contribution in [0.4, 0.5) is 0 Å². The largest absolute Gasteiger partial charge is 0.480 e. The van der Waals surface area contributed by atoms with E-state index in [2.05, 4.69) is 0 Å². The van der Waals surface area contributed by atoms with Gasteiger partial charge in [-0.05, 0) is 31.4 Å². The second-order valence-electron chi connectivity index (χ2n) is 5.99. The summed E-state index contributed by atoms with van der Waals surface area (Å²) in [4.78, 5) is 50.3. The van der Waals surface area contributed by atoms with Gasteiger partial charge < -0.3 is 10.0 Å². The molecule has 24 heavy (non-hydrogen) atoms. The maximum absolute atomic E-state index is 12.2. The van der Waals surface area contributed by atoms with Crippen molar-refractivity contribution in [1.82, 2.24) is 9.80 Å². The van der Waals surface area contributed by atoms with E-state index in [-0.39, 0.29) is 30.7 Å². The molecule has 1 saturated heterocycles. The molecule has 1 atom stereocenters. The molecular formula is C17H18N2O5. The summed E-state index contributed by atoms with van der Waals surface area (Å²) in [5.74, 6) is -1.90. The van der Waals surface area contributed by atoms with Crippen molar-refractivity contribution in [3.8, 4) is 0 Å². The van der Waals surface area contributed by atoms with E-state index in [4.69, 9.17) is 5.11 Å². The van der Waals surface area contributed by atoms with Crippen LogP contribution in [0.3, 0.4) is 0 Å². The summed E-state index contributed by atoms with van der Waals surface area (Å²) < 4.78 is 0. The van der Waals surface area contributed by atoms with Crippen molar-refractivity contribution < 1.29 is 24.3 Å². The van der Waals surface area contributed by atoms with Crippen LogP contribution in [0.5, 0.6) is 0 Å². The Morgan fingerprint density at radius 3 is 2.33 bits per heavy atom. The number of carbonyl (C=O) groups excluding carboxylic acids is 3. The first-order chi connectivity index (χ1) is 11.5. The van der Waals surface area contributed by atoms with E-state index >= 15 is 0 Å². The van der Waals surface area contributed by atoms with Gasteiger partial charge in [0.2, 0.25) is 5.91 Å². The Kier molecular flexibility index (Phi) is 4.33. The van der Waals surface area contributed by atoms with Crippen molar-refractivity contribution in [3.05, 3.63) is 35.4 Å². The van der Waals surface area contributed by atoms with E-state index in [1.807, 2.05) is 0 Å². The van der Waals surface area contributed by atoms with Gasteiger partial charge in [-0.3, -0.25) is 19.3 Å². The predicted molar refractivity (Wildman–Crippen MR) is 83.4 cm³/mol. The van der Waals surface area contributed by atoms with E-state index in [0.717, 1.165) is 4.90 Å². The van der Waals surface area contributed by atoms with Crippen LogP contribution < -0.4 is 0 Å². The Balaban J connectivity index is 1.56. The normalized spacial score (nSPS) is 19.8. The summed E-state index contributed by atoms with van der Waals surface area (Å²) in [7, 11) is 0. The van der Waals surface area contributed by atoms with Gasteiger partial charge in [0, 0.05) is 19.5 Å². The van der Waals surface area contributed by atoms with Gasteiger partial charge in [0.25, 0.3) is 11.8 Å². The molecule has 7 nitrogen and oxygen atoms in total. The van der Waals surface area contributed by atoms with E-state index < -0.39 is 12.0 Å². The highest BCUT2D eigenvalue weighted by Gasteiger charge is 2.36. The number of rotatable bonds is 5. The molecule has 3 rings (SSSR count). The minimum atomic E-state index is -0.985. The lowest BCUT2D eigenvalue weighted by Crippen LogP contribution is -2.40. The SMILES string of the molecule is O=C(O)C1CCCN1C(=O)CCCN1C(=O)c2ccccc2C1=O.